The molecule has 20 nitrogen and oxygen atoms in total. The Hall–Kier alpha value is -2.41. The van der Waals surface area contributed by atoms with Gasteiger partial charge in [0.15, 0.2) is 18.7 Å². The summed E-state index contributed by atoms with van der Waals surface area (Å²) in [6, 6.07) is -1.33. The summed E-state index contributed by atoms with van der Waals surface area (Å²) in [5.74, 6) is -3.80. The summed E-state index contributed by atoms with van der Waals surface area (Å²) >= 11 is 0. The Bertz CT molecular complexity index is 1530. The average molecular weight is 897 g/mol. The van der Waals surface area contributed by atoms with Crippen LogP contribution in [0.15, 0.2) is 0 Å². The van der Waals surface area contributed by atoms with Crippen molar-refractivity contribution >= 4 is 33.7 Å². The van der Waals surface area contributed by atoms with Crippen molar-refractivity contribution in [1.29, 1.82) is 0 Å². The maximum absolute atomic E-state index is 13.8. The fourth-order valence-corrected chi connectivity index (χ4v) is 9.55. The number of carboxylic acid groups (broad SMARTS) is 1. The zero-order chi connectivity index (χ0) is 45.0. The molecule has 2 saturated carbocycles. The van der Waals surface area contributed by atoms with E-state index in [4.69, 9.17) is 28.2 Å². The molecule has 2 heterocycles. The number of Topliss-reactive ketones (excluding diaryl/α,β-unsaturated/α-hetero) is 1. The number of ketones is 1. The van der Waals surface area contributed by atoms with Crippen LogP contribution in [0.3, 0.4) is 0 Å². The summed E-state index contributed by atoms with van der Waals surface area (Å²) in [6.45, 7) is 3.99. The minimum absolute atomic E-state index is 0.00756. The number of ether oxygens (including phenoxy) is 5. The van der Waals surface area contributed by atoms with E-state index >= 15 is 0 Å². The Morgan fingerprint density at radius 1 is 0.852 bits per heavy atom. The van der Waals surface area contributed by atoms with Crippen molar-refractivity contribution in [3.8, 4) is 0 Å². The predicted molar refractivity (Wildman–Crippen MR) is 213 cm³/mol. The van der Waals surface area contributed by atoms with Gasteiger partial charge in [-0.3, -0.25) is 18.9 Å². The molecule has 61 heavy (non-hydrogen) atoms. The van der Waals surface area contributed by atoms with E-state index in [0.717, 1.165) is 32.1 Å². The van der Waals surface area contributed by atoms with Crippen LogP contribution in [-0.2, 0) is 53.0 Å². The van der Waals surface area contributed by atoms with E-state index < -0.39 is 126 Å². The molecule has 2 amide bonds. The first-order valence-corrected chi connectivity index (χ1v) is 23.3. The number of rotatable bonds is 22. The van der Waals surface area contributed by atoms with Crippen molar-refractivity contribution in [2.75, 3.05) is 18.9 Å². The lowest BCUT2D eigenvalue weighted by atomic mass is 9.74. The SMILES string of the molecule is CCC1CC(C(=O)CCCNC(=O)CCCCS(=O)(=O)O)C[C@@H](O[C@@H]2OC(CO)[C@H](O)C(O[C@@H](CC3CCCCC3)C(=O)O)C2NC(C)=O)[C@@H]1O[C@@H]1OC(C)[C@@H](O)C(O)[C@@H]1O. The Balaban J connectivity index is 1.57. The van der Waals surface area contributed by atoms with Crippen LogP contribution in [0.1, 0.15) is 111 Å². The Morgan fingerprint density at radius 3 is 2.18 bits per heavy atom. The lowest BCUT2D eigenvalue weighted by Crippen LogP contribution is -2.67. The van der Waals surface area contributed by atoms with E-state index in [1.54, 1.807) is 0 Å². The predicted octanol–water partition coefficient (Wildman–Crippen LogP) is -0.0643. The summed E-state index contributed by atoms with van der Waals surface area (Å²) < 4.78 is 61.7. The van der Waals surface area contributed by atoms with Gasteiger partial charge in [-0.05, 0) is 57.3 Å². The largest absolute Gasteiger partial charge is 0.479 e. The van der Waals surface area contributed by atoms with Crippen LogP contribution >= 0.6 is 0 Å². The van der Waals surface area contributed by atoms with Gasteiger partial charge in [0, 0.05) is 32.2 Å². The number of nitrogens with one attached hydrogen (secondary N) is 2. The number of carbonyl (C=O) groups is 4. The van der Waals surface area contributed by atoms with Gasteiger partial charge in [-0.15, -0.1) is 0 Å². The minimum Gasteiger partial charge on any atom is -0.479 e. The highest BCUT2D eigenvalue weighted by Crippen LogP contribution is 2.40. The molecule has 352 valence electrons. The van der Waals surface area contributed by atoms with Crippen molar-refractivity contribution in [3.63, 3.8) is 0 Å². The molecule has 4 rings (SSSR count). The molecule has 9 N–H and O–H groups in total. The third kappa shape index (κ3) is 15.1. The van der Waals surface area contributed by atoms with Crippen molar-refractivity contribution in [2.24, 2.45) is 17.8 Å². The second-order valence-electron chi connectivity index (χ2n) is 17.1. The van der Waals surface area contributed by atoms with Gasteiger partial charge in [-0.25, -0.2) is 4.79 Å². The molecule has 0 bridgehead atoms. The van der Waals surface area contributed by atoms with Crippen LogP contribution in [0.4, 0.5) is 0 Å². The van der Waals surface area contributed by atoms with Gasteiger partial charge >= 0.3 is 5.97 Å². The van der Waals surface area contributed by atoms with Crippen molar-refractivity contribution < 1.29 is 86.5 Å². The number of aliphatic hydroxyl groups is 5. The van der Waals surface area contributed by atoms with Gasteiger partial charge in [0.25, 0.3) is 10.1 Å². The third-order valence-corrected chi connectivity index (χ3v) is 13.2. The van der Waals surface area contributed by atoms with E-state index in [0.29, 0.717) is 12.8 Å². The number of carboxylic acids is 1. The molecule has 21 heteroatoms. The number of hydrogen-bond acceptors (Lipinski definition) is 16. The molecule has 0 aromatic heterocycles. The van der Waals surface area contributed by atoms with Crippen LogP contribution in [0.2, 0.25) is 0 Å². The quantitative estimate of drug-likeness (QED) is 0.0508. The maximum atomic E-state index is 13.8. The average Bonchev–Trinajstić information content (AvgIpc) is 3.21. The van der Waals surface area contributed by atoms with E-state index in [-0.39, 0.29) is 69.1 Å². The summed E-state index contributed by atoms with van der Waals surface area (Å²) in [4.78, 5) is 51.4. The summed E-state index contributed by atoms with van der Waals surface area (Å²) in [7, 11) is -4.12. The molecule has 0 aromatic rings. The van der Waals surface area contributed by atoms with Crippen LogP contribution < -0.4 is 10.6 Å². The standard InChI is InChI=1S/C40H68N2O18S/c1-4-24-18-25(26(45)13-10-15-41-30(46)14-8-9-16-61(53,54)55)19-27(36(24)60-40-35(50)34(49)32(47)21(2)56-40)58-39-31(42-22(3)44)37(33(48)29(20-43)59-39)57-28(38(51)52)17-23-11-6-5-7-12-23/h21,23-25,27-29,31-37,39-40,43,47-50H,4-20H2,1-3H3,(H,41,46)(H,42,44)(H,51,52)(H,53,54,55)/t21?,24?,25?,27-,28+,29?,31?,32-,33+,34?,35+,36-,37?,39-,40+/m1/s1. The molecule has 15 atom stereocenters. The van der Waals surface area contributed by atoms with Crippen LogP contribution in [0, 0.1) is 17.8 Å². The first kappa shape index (κ1) is 51.2. The molecule has 2 aliphatic heterocycles. The monoisotopic (exact) mass is 896 g/mol. The molecule has 4 fully saturated rings. The van der Waals surface area contributed by atoms with E-state index in [2.05, 4.69) is 10.6 Å². The second-order valence-corrected chi connectivity index (χ2v) is 18.6. The van der Waals surface area contributed by atoms with E-state index in [1.165, 1.54) is 13.8 Å². The molecular formula is C40H68N2O18S. The van der Waals surface area contributed by atoms with Crippen molar-refractivity contribution in [1.82, 2.24) is 10.6 Å². The number of unbranched alkanes of at least 4 members (excludes halogenated alkanes) is 1. The fourth-order valence-electron chi connectivity index (χ4n) is 8.98. The molecule has 4 aliphatic rings. The Labute approximate surface area is 357 Å². The number of aliphatic hydroxyl groups excluding tert-OH is 5. The molecule has 2 aliphatic carbocycles. The van der Waals surface area contributed by atoms with Crippen LogP contribution in [-0.4, -0.2) is 166 Å². The molecule has 7 unspecified atom stereocenters. The van der Waals surface area contributed by atoms with Crippen LogP contribution in [0.25, 0.3) is 0 Å². The lowest BCUT2D eigenvalue weighted by molar-refractivity contribution is -0.338. The summed E-state index contributed by atoms with van der Waals surface area (Å²) in [5.41, 5.74) is 0. The van der Waals surface area contributed by atoms with Gasteiger partial charge in [-0.2, -0.15) is 8.42 Å². The Kier molecular flexibility index (Phi) is 20.2. The minimum atomic E-state index is -4.12. The fraction of sp³-hybridized carbons (Fsp3) is 0.900. The topological polar surface area (TPSA) is 314 Å². The number of carbonyl (C=O) groups excluding carboxylic acids is 3. The van der Waals surface area contributed by atoms with Gasteiger partial charge in [-0.1, -0.05) is 45.4 Å². The smallest absolute Gasteiger partial charge is 0.332 e. The maximum Gasteiger partial charge on any atom is 0.332 e. The van der Waals surface area contributed by atoms with Crippen molar-refractivity contribution in [2.45, 2.75) is 190 Å². The first-order valence-electron chi connectivity index (χ1n) is 21.7. The van der Waals surface area contributed by atoms with Crippen LogP contribution in [0.5, 0.6) is 0 Å². The zero-order valence-electron chi connectivity index (χ0n) is 35.3. The van der Waals surface area contributed by atoms with Gasteiger partial charge in [0.2, 0.25) is 11.8 Å². The highest BCUT2D eigenvalue weighted by molar-refractivity contribution is 7.85. The number of aliphatic carboxylic acids is 1. The van der Waals surface area contributed by atoms with E-state index in [9.17, 15) is 58.2 Å². The Morgan fingerprint density at radius 2 is 1.56 bits per heavy atom. The van der Waals surface area contributed by atoms with Gasteiger partial charge in [0.05, 0.1) is 30.7 Å². The van der Waals surface area contributed by atoms with Gasteiger partial charge in [0.1, 0.15) is 48.4 Å². The highest BCUT2D eigenvalue weighted by Gasteiger charge is 2.52. The first-order chi connectivity index (χ1) is 28.8. The summed E-state index contributed by atoms with van der Waals surface area (Å²) in [5, 5.41) is 69.3. The van der Waals surface area contributed by atoms with Crippen molar-refractivity contribution in [3.05, 3.63) is 0 Å². The molecule has 2 saturated heterocycles. The van der Waals surface area contributed by atoms with E-state index in [1.807, 2.05) is 6.92 Å². The molecule has 0 radical (unpaired) electrons. The zero-order valence-corrected chi connectivity index (χ0v) is 36.1. The highest BCUT2D eigenvalue weighted by atomic mass is 32.2. The molecule has 0 spiro atoms. The third-order valence-electron chi connectivity index (χ3n) is 12.4. The molecular weight excluding hydrogens is 829 g/mol. The van der Waals surface area contributed by atoms with Gasteiger partial charge < -0.3 is 65.0 Å². The number of amides is 2. The normalized spacial score (nSPS) is 35.6. The summed E-state index contributed by atoms with van der Waals surface area (Å²) in [6.07, 6.45) is -10.2. The lowest BCUT2D eigenvalue weighted by Gasteiger charge is -2.49. The molecule has 0 aromatic carbocycles. The second kappa shape index (κ2) is 24.0. The number of hydrogen-bond donors (Lipinski definition) is 9.